The number of hydrogen-bond acceptors (Lipinski definition) is 8. The number of aryl methyl sites for hydroxylation is 1. The Morgan fingerprint density at radius 3 is 2.49 bits per heavy atom. The number of carbonyl (C=O) groups is 2. The van der Waals surface area contributed by atoms with Crippen LogP contribution in [-0.4, -0.2) is 58.4 Å². The third kappa shape index (κ3) is 6.25. The predicted octanol–water partition coefficient (Wildman–Crippen LogP) is 3.77. The molecular formula is C27H33N5O5. The van der Waals surface area contributed by atoms with Crippen molar-refractivity contribution in [3.8, 4) is 22.9 Å². The minimum Gasteiger partial charge on any atom is -0.493 e. The minimum atomic E-state index is -0.303. The standard InChI is InChI=1S/C27H33N5O5/c1-5-14-32-30-26(29-31-32)18-6-8-19(9-7-18)27(34)28-23-12-11-21(37-17(2)33)16-22(23)20-10-13-24(35-3)25(15-20)36-4/h6-10,13,15,21-23H,5,11-12,14,16H2,1-4H3,(H,28,34). The molecule has 3 aromatic rings. The van der Waals surface area contributed by atoms with Crippen molar-refractivity contribution < 1.29 is 23.8 Å². The van der Waals surface area contributed by atoms with Crippen LogP contribution >= 0.6 is 0 Å². The largest absolute Gasteiger partial charge is 0.493 e. The molecule has 2 aromatic carbocycles. The highest BCUT2D eigenvalue weighted by Gasteiger charge is 2.34. The Bertz CT molecular complexity index is 1230. The fourth-order valence-corrected chi connectivity index (χ4v) is 4.77. The first-order valence-electron chi connectivity index (χ1n) is 12.5. The van der Waals surface area contributed by atoms with Gasteiger partial charge < -0.3 is 19.5 Å². The summed E-state index contributed by atoms with van der Waals surface area (Å²) >= 11 is 0. The summed E-state index contributed by atoms with van der Waals surface area (Å²) in [5.74, 6) is 1.22. The van der Waals surface area contributed by atoms with Crippen molar-refractivity contribution in [3.05, 3.63) is 53.6 Å². The van der Waals surface area contributed by atoms with E-state index in [0.717, 1.165) is 17.5 Å². The van der Waals surface area contributed by atoms with E-state index in [1.807, 2.05) is 30.3 Å². The average molecular weight is 508 g/mol. The molecule has 1 amide bonds. The van der Waals surface area contributed by atoms with Crippen LogP contribution in [0.15, 0.2) is 42.5 Å². The van der Waals surface area contributed by atoms with E-state index in [1.165, 1.54) is 6.92 Å². The number of benzene rings is 2. The van der Waals surface area contributed by atoms with E-state index < -0.39 is 0 Å². The molecule has 37 heavy (non-hydrogen) atoms. The van der Waals surface area contributed by atoms with Crippen LogP contribution in [0.1, 0.15) is 61.4 Å². The molecule has 3 unspecified atom stereocenters. The predicted molar refractivity (Wildman–Crippen MR) is 136 cm³/mol. The summed E-state index contributed by atoms with van der Waals surface area (Å²) in [6, 6.07) is 12.8. The van der Waals surface area contributed by atoms with Crippen LogP contribution in [0.5, 0.6) is 11.5 Å². The molecule has 1 aliphatic rings. The normalized spacial score (nSPS) is 19.2. The monoisotopic (exact) mass is 507 g/mol. The van der Waals surface area contributed by atoms with Crippen LogP contribution in [0.3, 0.4) is 0 Å². The molecule has 0 spiro atoms. The first kappa shape index (κ1) is 26.1. The van der Waals surface area contributed by atoms with Crippen molar-refractivity contribution >= 4 is 11.9 Å². The summed E-state index contributed by atoms with van der Waals surface area (Å²) in [5, 5.41) is 15.7. The molecule has 0 saturated heterocycles. The Hall–Kier alpha value is -3.95. The maximum absolute atomic E-state index is 13.2. The number of nitrogens with zero attached hydrogens (tertiary/aromatic N) is 4. The third-order valence-electron chi connectivity index (χ3n) is 6.57. The fourth-order valence-electron chi connectivity index (χ4n) is 4.77. The average Bonchev–Trinajstić information content (AvgIpc) is 3.37. The summed E-state index contributed by atoms with van der Waals surface area (Å²) < 4.78 is 16.4. The minimum absolute atomic E-state index is 0.0704. The van der Waals surface area contributed by atoms with Gasteiger partial charge in [-0.1, -0.05) is 25.1 Å². The number of ether oxygens (including phenoxy) is 3. The van der Waals surface area contributed by atoms with Gasteiger partial charge in [-0.25, -0.2) is 0 Å². The van der Waals surface area contributed by atoms with E-state index in [4.69, 9.17) is 14.2 Å². The molecule has 0 bridgehead atoms. The Morgan fingerprint density at radius 2 is 1.81 bits per heavy atom. The molecule has 10 nitrogen and oxygen atoms in total. The molecule has 1 N–H and O–H groups in total. The first-order valence-corrected chi connectivity index (χ1v) is 12.5. The van der Waals surface area contributed by atoms with Gasteiger partial charge in [-0.3, -0.25) is 9.59 Å². The van der Waals surface area contributed by atoms with Crippen molar-refractivity contribution in [2.45, 2.75) is 64.1 Å². The molecule has 3 atom stereocenters. The summed E-state index contributed by atoms with van der Waals surface area (Å²) in [6.45, 7) is 4.17. The van der Waals surface area contributed by atoms with Crippen LogP contribution in [0.2, 0.25) is 0 Å². The second-order valence-electron chi connectivity index (χ2n) is 9.13. The molecule has 4 rings (SSSR count). The van der Waals surface area contributed by atoms with Gasteiger partial charge in [0.25, 0.3) is 5.91 Å². The smallest absolute Gasteiger partial charge is 0.302 e. The number of esters is 1. The zero-order valence-electron chi connectivity index (χ0n) is 21.6. The lowest BCUT2D eigenvalue weighted by Crippen LogP contribution is -2.44. The number of methoxy groups -OCH3 is 2. The molecule has 1 aliphatic carbocycles. The van der Waals surface area contributed by atoms with E-state index >= 15 is 0 Å². The Morgan fingerprint density at radius 1 is 1.05 bits per heavy atom. The van der Waals surface area contributed by atoms with Crippen molar-refractivity contribution in [1.29, 1.82) is 0 Å². The molecule has 0 radical (unpaired) electrons. The summed E-state index contributed by atoms with van der Waals surface area (Å²) in [7, 11) is 3.18. The number of hydrogen-bond donors (Lipinski definition) is 1. The van der Waals surface area contributed by atoms with Gasteiger partial charge in [-0.2, -0.15) is 4.80 Å². The fraction of sp³-hybridized carbons (Fsp3) is 0.444. The first-order chi connectivity index (χ1) is 17.9. The summed E-state index contributed by atoms with van der Waals surface area (Å²) in [4.78, 5) is 26.4. The van der Waals surface area contributed by atoms with Crippen molar-refractivity contribution in [1.82, 2.24) is 25.5 Å². The number of nitrogens with one attached hydrogen (secondary N) is 1. The van der Waals surface area contributed by atoms with Crippen LogP contribution in [-0.2, 0) is 16.1 Å². The molecule has 10 heteroatoms. The van der Waals surface area contributed by atoms with Gasteiger partial charge in [0.05, 0.1) is 20.8 Å². The maximum atomic E-state index is 13.2. The highest BCUT2D eigenvalue weighted by molar-refractivity contribution is 5.94. The van der Waals surface area contributed by atoms with Gasteiger partial charge >= 0.3 is 5.97 Å². The number of rotatable bonds is 9. The van der Waals surface area contributed by atoms with E-state index in [2.05, 4.69) is 27.7 Å². The molecule has 1 aromatic heterocycles. The van der Waals surface area contributed by atoms with Gasteiger partial charge in [-0.05, 0) is 60.7 Å². The van der Waals surface area contributed by atoms with Crippen molar-refractivity contribution in [2.24, 2.45) is 0 Å². The quantitative estimate of drug-likeness (QED) is 0.435. The van der Waals surface area contributed by atoms with Crippen molar-refractivity contribution in [3.63, 3.8) is 0 Å². The van der Waals surface area contributed by atoms with E-state index in [0.29, 0.717) is 48.7 Å². The molecule has 0 aliphatic heterocycles. The summed E-state index contributed by atoms with van der Waals surface area (Å²) in [6.07, 6.45) is 2.65. The summed E-state index contributed by atoms with van der Waals surface area (Å²) in [5.41, 5.74) is 2.32. The second-order valence-corrected chi connectivity index (χ2v) is 9.13. The Labute approximate surface area is 216 Å². The zero-order chi connectivity index (χ0) is 26.4. The highest BCUT2D eigenvalue weighted by Crippen LogP contribution is 2.38. The van der Waals surface area contributed by atoms with E-state index in [9.17, 15) is 9.59 Å². The lowest BCUT2D eigenvalue weighted by Gasteiger charge is -2.36. The number of carbonyl (C=O) groups excluding carboxylic acids is 2. The molecule has 1 fully saturated rings. The van der Waals surface area contributed by atoms with Crippen LogP contribution in [0, 0.1) is 0 Å². The molecule has 1 saturated carbocycles. The lowest BCUT2D eigenvalue weighted by atomic mass is 9.78. The molecule has 1 heterocycles. The van der Waals surface area contributed by atoms with Gasteiger partial charge in [-0.15, -0.1) is 10.2 Å². The van der Waals surface area contributed by atoms with Crippen molar-refractivity contribution in [2.75, 3.05) is 14.2 Å². The Kier molecular flexibility index (Phi) is 8.37. The topological polar surface area (TPSA) is 117 Å². The van der Waals surface area contributed by atoms with Crippen LogP contribution in [0.25, 0.3) is 11.4 Å². The number of aromatic nitrogens is 4. The molecular weight excluding hydrogens is 474 g/mol. The van der Waals surface area contributed by atoms with Gasteiger partial charge in [0.15, 0.2) is 11.5 Å². The van der Waals surface area contributed by atoms with E-state index in [-0.39, 0.29) is 29.9 Å². The van der Waals surface area contributed by atoms with Crippen LogP contribution < -0.4 is 14.8 Å². The number of amides is 1. The number of tetrazole rings is 1. The highest BCUT2D eigenvalue weighted by atomic mass is 16.5. The Balaban J connectivity index is 1.52. The van der Waals surface area contributed by atoms with Gasteiger partial charge in [0, 0.05) is 30.0 Å². The van der Waals surface area contributed by atoms with E-state index in [1.54, 1.807) is 31.1 Å². The SMILES string of the molecule is CCCn1nnc(-c2ccc(C(=O)NC3CCC(OC(C)=O)CC3c3ccc(OC)c(OC)c3)cc2)n1. The van der Waals surface area contributed by atoms with Crippen LogP contribution in [0.4, 0.5) is 0 Å². The van der Waals surface area contributed by atoms with Gasteiger partial charge in [0.2, 0.25) is 5.82 Å². The van der Waals surface area contributed by atoms with Gasteiger partial charge in [0.1, 0.15) is 6.10 Å². The third-order valence-corrected chi connectivity index (χ3v) is 6.57. The molecule has 196 valence electrons. The lowest BCUT2D eigenvalue weighted by molar-refractivity contribution is -0.148. The zero-order valence-corrected chi connectivity index (χ0v) is 21.6. The maximum Gasteiger partial charge on any atom is 0.302 e. The second kappa shape index (κ2) is 11.9.